The molecule has 0 N–H and O–H groups in total. The van der Waals surface area contributed by atoms with E-state index in [9.17, 15) is 13.2 Å². The van der Waals surface area contributed by atoms with Crippen molar-refractivity contribution in [1.82, 2.24) is 9.21 Å². The Labute approximate surface area is 148 Å². The van der Waals surface area contributed by atoms with E-state index >= 15 is 0 Å². The lowest BCUT2D eigenvalue weighted by Crippen LogP contribution is -2.48. The molecule has 2 aliphatic rings. The van der Waals surface area contributed by atoms with E-state index in [0.29, 0.717) is 24.5 Å². The van der Waals surface area contributed by atoms with E-state index in [1.165, 1.54) is 0 Å². The first-order valence-electron chi connectivity index (χ1n) is 8.73. The Morgan fingerprint density at radius 1 is 1.08 bits per heavy atom. The van der Waals surface area contributed by atoms with Crippen molar-refractivity contribution in [1.29, 1.82) is 0 Å². The smallest absolute Gasteiger partial charge is 0.244 e. The Morgan fingerprint density at radius 3 is 2.64 bits per heavy atom. The van der Waals surface area contributed by atoms with E-state index in [1.54, 1.807) is 28.3 Å². The van der Waals surface area contributed by atoms with Crippen molar-refractivity contribution in [2.75, 3.05) is 19.6 Å². The average Bonchev–Trinajstić information content (AvgIpc) is 3.05. The fraction of sp³-hybridized carbons (Fsp3) is 0.421. The van der Waals surface area contributed by atoms with Crippen molar-refractivity contribution in [3.05, 3.63) is 42.5 Å². The number of sulfonamides is 1. The van der Waals surface area contributed by atoms with E-state index in [4.69, 9.17) is 0 Å². The van der Waals surface area contributed by atoms with Crippen molar-refractivity contribution >= 4 is 26.7 Å². The van der Waals surface area contributed by atoms with Crippen LogP contribution in [0.1, 0.15) is 19.8 Å². The lowest BCUT2D eigenvalue weighted by molar-refractivity contribution is -0.128. The number of fused-ring (bicyclic) bond motifs is 2. The van der Waals surface area contributed by atoms with Gasteiger partial charge >= 0.3 is 0 Å². The van der Waals surface area contributed by atoms with Crippen LogP contribution in [0.3, 0.4) is 0 Å². The van der Waals surface area contributed by atoms with Crippen LogP contribution in [-0.2, 0) is 14.8 Å². The second-order valence-electron chi connectivity index (χ2n) is 6.99. The number of hydrogen-bond acceptors (Lipinski definition) is 3. The van der Waals surface area contributed by atoms with E-state index in [2.05, 4.69) is 0 Å². The average molecular weight is 358 g/mol. The molecular formula is C19H22N2O3S. The van der Waals surface area contributed by atoms with Gasteiger partial charge in [-0.25, -0.2) is 8.42 Å². The van der Waals surface area contributed by atoms with Gasteiger partial charge in [-0.05, 0) is 30.2 Å². The van der Waals surface area contributed by atoms with Crippen LogP contribution in [0.25, 0.3) is 10.8 Å². The summed E-state index contributed by atoms with van der Waals surface area (Å²) in [6.45, 7) is 3.25. The Kier molecular flexibility index (Phi) is 4.04. The predicted molar refractivity (Wildman–Crippen MR) is 96.6 cm³/mol. The predicted octanol–water partition coefficient (Wildman–Crippen LogP) is 2.47. The number of amides is 1. The van der Waals surface area contributed by atoms with E-state index in [0.717, 1.165) is 23.6 Å². The van der Waals surface area contributed by atoms with Gasteiger partial charge in [0, 0.05) is 38.0 Å². The zero-order valence-electron chi connectivity index (χ0n) is 14.3. The van der Waals surface area contributed by atoms with Crippen molar-refractivity contribution in [3.8, 4) is 0 Å². The minimum absolute atomic E-state index is 0.0249. The van der Waals surface area contributed by atoms with Crippen LogP contribution in [0.15, 0.2) is 47.4 Å². The molecule has 2 atom stereocenters. The molecule has 25 heavy (non-hydrogen) atoms. The Bertz CT molecular complexity index is 920. The molecule has 0 spiro atoms. The number of rotatable bonds is 2. The van der Waals surface area contributed by atoms with Crippen LogP contribution >= 0.6 is 0 Å². The SMILES string of the molecule is CC(=O)N1C[C@H]2CCCN(S(=O)(=O)c3cccc4ccccc34)[C@H]2C1. The summed E-state index contributed by atoms with van der Waals surface area (Å²) >= 11 is 0. The molecule has 2 aromatic rings. The summed E-state index contributed by atoms with van der Waals surface area (Å²) in [5.41, 5.74) is 0. The summed E-state index contributed by atoms with van der Waals surface area (Å²) in [6.07, 6.45) is 1.83. The summed E-state index contributed by atoms with van der Waals surface area (Å²) in [7, 11) is -3.60. The highest BCUT2D eigenvalue weighted by Gasteiger charge is 2.45. The second-order valence-corrected chi connectivity index (χ2v) is 8.85. The van der Waals surface area contributed by atoms with Crippen LogP contribution in [0, 0.1) is 5.92 Å². The van der Waals surface area contributed by atoms with Crippen molar-refractivity contribution in [3.63, 3.8) is 0 Å². The summed E-state index contributed by atoms with van der Waals surface area (Å²) < 4.78 is 28.5. The van der Waals surface area contributed by atoms with Gasteiger partial charge in [0.1, 0.15) is 0 Å². The standard InChI is InChI=1S/C19H22N2O3S/c1-14(22)20-12-16-8-5-11-21(18(16)13-20)25(23,24)19-10-4-7-15-6-2-3-9-17(15)19/h2-4,6-7,9-10,16,18H,5,8,11-13H2,1H3/t16-,18+/m1/s1. The fourth-order valence-corrected chi connectivity index (χ4v) is 6.17. The minimum atomic E-state index is -3.60. The first kappa shape index (κ1) is 16.5. The third-order valence-electron chi connectivity index (χ3n) is 5.51. The summed E-state index contributed by atoms with van der Waals surface area (Å²) in [5.74, 6) is 0.263. The number of likely N-dealkylation sites (tertiary alicyclic amines) is 1. The number of carbonyl (C=O) groups excluding carboxylic acids is 1. The maximum Gasteiger partial charge on any atom is 0.244 e. The van der Waals surface area contributed by atoms with E-state index in [1.807, 2.05) is 30.3 Å². The van der Waals surface area contributed by atoms with Gasteiger partial charge in [0.25, 0.3) is 0 Å². The Hall–Kier alpha value is -1.92. The van der Waals surface area contributed by atoms with Crippen LogP contribution in [0.4, 0.5) is 0 Å². The van der Waals surface area contributed by atoms with Crippen molar-refractivity contribution < 1.29 is 13.2 Å². The zero-order valence-corrected chi connectivity index (χ0v) is 15.1. The molecule has 1 amide bonds. The first-order chi connectivity index (χ1) is 12.0. The van der Waals surface area contributed by atoms with Gasteiger partial charge in [0.15, 0.2) is 0 Å². The van der Waals surface area contributed by atoms with E-state index in [-0.39, 0.29) is 17.9 Å². The molecule has 0 saturated carbocycles. The van der Waals surface area contributed by atoms with Crippen LogP contribution in [0.2, 0.25) is 0 Å². The van der Waals surface area contributed by atoms with Gasteiger partial charge in [0.2, 0.25) is 15.9 Å². The number of hydrogen-bond donors (Lipinski definition) is 0. The lowest BCUT2D eigenvalue weighted by atomic mass is 9.94. The molecule has 5 nitrogen and oxygen atoms in total. The first-order valence-corrected chi connectivity index (χ1v) is 10.2. The fourth-order valence-electron chi connectivity index (χ4n) is 4.24. The molecule has 2 aromatic carbocycles. The third kappa shape index (κ3) is 2.73. The van der Waals surface area contributed by atoms with Gasteiger partial charge in [-0.2, -0.15) is 4.31 Å². The maximum atomic E-state index is 13.4. The molecule has 0 aliphatic carbocycles. The number of nitrogens with zero attached hydrogens (tertiary/aromatic N) is 2. The highest BCUT2D eigenvalue weighted by atomic mass is 32.2. The molecule has 2 saturated heterocycles. The molecule has 0 unspecified atom stereocenters. The Morgan fingerprint density at radius 2 is 1.84 bits per heavy atom. The normalized spacial score (nSPS) is 24.4. The number of carbonyl (C=O) groups is 1. The highest BCUT2D eigenvalue weighted by Crippen LogP contribution is 2.36. The van der Waals surface area contributed by atoms with Gasteiger partial charge in [-0.15, -0.1) is 0 Å². The number of benzene rings is 2. The second kappa shape index (κ2) is 6.11. The van der Waals surface area contributed by atoms with Gasteiger partial charge in [-0.1, -0.05) is 36.4 Å². The quantitative estimate of drug-likeness (QED) is 0.829. The Balaban J connectivity index is 1.75. The highest BCUT2D eigenvalue weighted by molar-refractivity contribution is 7.89. The van der Waals surface area contributed by atoms with Gasteiger partial charge in [0.05, 0.1) is 4.90 Å². The van der Waals surface area contributed by atoms with Crippen molar-refractivity contribution in [2.45, 2.75) is 30.7 Å². The minimum Gasteiger partial charge on any atom is -0.341 e. The molecular weight excluding hydrogens is 336 g/mol. The maximum absolute atomic E-state index is 13.4. The van der Waals surface area contributed by atoms with Crippen LogP contribution < -0.4 is 0 Å². The summed E-state index contributed by atoms with van der Waals surface area (Å²) in [6, 6.07) is 12.9. The molecule has 2 aliphatic heterocycles. The summed E-state index contributed by atoms with van der Waals surface area (Å²) in [5, 5.41) is 1.68. The molecule has 0 bridgehead atoms. The largest absolute Gasteiger partial charge is 0.341 e. The molecule has 132 valence electrons. The summed E-state index contributed by atoms with van der Waals surface area (Å²) in [4.78, 5) is 13.9. The monoisotopic (exact) mass is 358 g/mol. The van der Waals surface area contributed by atoms with Crippen molar-refractivity contribution in [2.24, 2.45) is 5.92 Å². The molecule has 6 heteroatoms. The van der Waals surface area contributed by atoms with Gasteiger partial charge < -0.3 is 4.90 Å². The molecule has 0 aromatic heterocycles. The molecule has 2 fully saturated rings. The molecule has 4 rings (SSSR count). The van der Waals surface area contributed by atoms with Crippen LogP contribution in [-0.4, -0.2) is 49.2 Å². The lowest BCUT2D eigenvalue weighted by Gasteiger charge is -2.35. The zero-order chi connectivity index (χ0) is 17.6. The molecule has 2 heterocycles. The third-order valence-corrected chi connectivity index (χ3v) is 7.49. The number of piperidine rings is 1. The molecule has 0 radical (unpaired) electrons. The van der Waals surface area contributed by atoms with Crippen LogP contribution in [0.5, 0.6) is 0 Å². The topological polar surface area (TPSA) is 57.7 Å². The van der Waals surface area contributed by atoms with E-state index < -0.39 is 10.0 Å². The van der Waals surface area contributed by atoms with Gasteiger partial charge in [-0.3, -0.25) is 4.79 Å².